The Labute approximate surface area is 143 Å². The molecule has 1 rings (SSSR count). The summed E-state index contributed by atoms with van der Waals surface area (Å²) in [7, 11) is 0. The van der Waals surface area contributed by atoms with Gasteiger partial charge < -0.3 is 14.2 Å². The Bertz CT molecular complexity index is 300. The van der Waals surface area contributed by atoms with Crippen molar-refractivity contribution in [2.45, 2.75) is 47.1 Å². The molecule has 0 aromatic carbocycles. The van der Waals surface area contributed by atoms with Crippen LogP contribution in [0, 0.1) is 5.41 Å². The maximum absolute atomic E-state index is 5.80. The molecule has 5 nitrogen and oxygen atoms in total. The van der Waals surface area contributed by atoms with Crippen molar-refractivity contribution in [1.82, 2.24) is 9.80 Å². The Morgan fingerprint density at radius 1 is 0.739 bits per heavy atom. The third-order valence-corrected chi connectivity index (χ3v) is 3.66. The lowest BCUT2D eigenvalue weighted by Gasteiger charge is -2.35. The van der Waals surface area contributed by atoms with Gasteiger partial charge in [0.25, 0.3) is 0 Å². The standard InChI is InChI=1S/C18H38N2O3/c1-17(2,3)15-22-16-21-13-11-19-7-9-20(10-8-19)12-14-23-18(4,5)6/h7-16H2,1-6H3. The van der Waals surface area contributed by atoms with Gasteiger partial charge >= 0.3 is 0 Å². The van der Waals surface area contributed by atoms with Gasteiger partial charge in [-0.2, -0.15) is 0 Å². The number of ether oxygens (including phenoxy) is 3. The molecule has 0 spiro atoms. The molecule has 0 radical (unpaired) electrons. The van der Waals surface area contributed by atoms with Crippen LogP contribution >= 0.6 is 0 Å². The molecule has 0 bridgehead atoms. The number of hydrogen-bond acceptors (Lipinski definition) is 5. The van der Waals surface area contributed by atoms with Crippen LogP contribution < -0.4 is 0 Å². The summed E-state index contributed by atoms with van der Waals surface area (Å²) in [6.45, 7) is 22.0. The van der Waals surface area contributed by atoms with Gasteiger partial charge in [0, 0.05) is 39.3 Å². The maximum atomic E-state index is 5.80. The van der Waals surface area contributed by atoms with Crippen LogP contribution in [0.15, 0.2) is 0 Å². The molecule has 0 unspecified atom stereocenters. The SMILES string of the molecule is CC(C)(C)COCOCCN1CCN(CCOC(C)(C)C)CC1. The third-order valence-electron chi connectivity index (χ3n) is 3.66. The van der Waals surface area contributed by atoms with E-state index < -0.39 is 0 Å². The second kappa shape index (κ2) is 9.94. The van der Waals surface area contributed by atoms with Gasteiger partial charge in [-0.3, -0.25) is 9.80 Å². The smallest absolute Gasteiger partial charge is 0.146 e. The van der Waals surface area contributed by atoms with Gasteiger partial charge in [0.15, 0.2) is 0 Å². The summed E-state index contributed by atoms with van der Waals surface area (Å²) in [5, 5.41) is 0. The molecule has 0 N–H and O–H groups in total. The molecule has 0 aromatic heterocycles. The third kappa shape index (κ3) is 11.9. The van der Waals surface area contributed by atoms with E-state index in [1.165, 1.54) is 0 Å². The van der Waals surface area contributed by atoms with Gasteiger partial charge in [0.1, 0.15) is 6.79 Å². The lowest BCUT2D eigenvalue weighted by Crippen LogP contribution is -2.48. The molecule has 5 heteroatoms. The minimum absolute atomic E-state index is 0.0335. The molecule has 0 aromatic rings. The van der Waals surface area contributed by atoms with Gasteiger partial charge in [-0.05, 0) is 26.2 Å². The minimum Gasteiger partial charge on any atom is -0.375 e. The first-order chi connectivity index (χ1) is 10.7. The first kappa shape index (κ1) is 20.8. The molecule has 138 valence electrons. The lowest BCUT2D eigenvalue weighted by atomic mass is 9.99. The Morgan fingerprint density at radius 3 is 1.74 bits per heavy atom. The van der Waals surface area contributed by atoms with E-state index in [-0.39, 0.29) is 11.0 Å². The average Bonchev–Trinajstić information content (AvgIpc) is 2.42. The highest BCUT2D eigenvalue weighted by molar-refractivity contribution is 4.72. The zero-order valence-electron chi connectivity index (χ0n) is 16.2. The zero-order valence-corrected chi connectivity index (χ0v) is 16.2. The number of piperazine rings is 1. The Balaban J connectivity index is 1.98. The van der Waals surface area contributed by atoms with Crippen LogP contribution in [0.4, 0.5) is 0 Å². The highest BCUT2D eigenvalue weighted by Gasteiger charge is 2.17. The molecule has 0 aliphatic carbocycles. The van der Waals surface area contributed by atoms with Crippen molar-refractivity contribution >= 4 is 0 Å². The molecule has 1 fully saturated rings. The molecule has 1 aliphatic rings. The second-order valence-corrected chi connectivity index (χ2v) is 8.58. The maximum Gasteiger partial charge on any atom is 0.146 e. The Morgan fingerprint density at radius 2 is 1.26 bits per heavy atom. The molecule has 0 amide bonds. The monoisotopic (exact) mass is 330 g/mol. The van der Waals surface area contributed by atoms with E-state index in [4.69, 9.17) is 14.2 Å². The summed E-state index contributed by atoms with van der Waals surface area (Å²) in [5.41, 5.74) is 0.171. The molecular weight excluding hydrogens is 292 g/mol. The van der Waals surface area contributed by atoms with Gasteiger partial charge in [-0.1, -0.05) is 20.8 Å². The van der Waals surface area contributed by atoms with Crippen molar-refractivity contribution in [3.05, 3.63) is 0 Å². The average molecular weight is 331 g/mol. The molecule has 1 aliphatic heterocycles. The summed E-state index contributed by atoms with van der Waals surface area (Å²) in [5.74, 6) is 0. The predicted octanol–water partition coefficient (Wildman–Crippen LogP) is 2.46. The fraction of sp³-hybridized carbons (Fsp3) is 1.00. The summed E-state index contributed by atoms with van der Waals surface area (Å²) in [6.07, 6.45) is 0. The van der Waals surface area contributed by atoms with Gasteiger partial charge in [0.05, 0.1) is 25.4 Å². The van der Waals surface area contributed by atoms with E-state index >= 15 is 0 Å². The topological polar surface area (TPSA) is 34.2 Å². The van der Waals surface area contributed by atoms with Crippen molar-refractivity contribution in [2.24, 2.45) is 5.41 Å². The Hall–Kier alpha value is -0.200. The van der Waals surface area contributed by atoms with Crippen LogP contribution in [0.25, 0.3) is 0 Å². The van der Waals surface area contributed by atoms with E-state index in [2.05, 4.69) is 51.3 Å². The van der Waals surface area contributed by atoms with E-state index in [0.717, 1.165) is 59.1 Å². The van der Waals surface area contributed by atoms with Crippen LogP contribution in [0.2, 0.25) is 0 Å². The van der Waals surface area contributed by atoms with Gasteiger partial charge in [-0.25, -0.2) is 0 Å². The quantitative estimate of drug-likeness (QED) is 0.479. The Kier molecular flexibility index (Phi) is 9.01. The molecule has 0 atom stereocenters. The van der Waals surface area contributed by atoms with E-state index in [1.807, 2.05) is 0 Å². The van der Waals surface area contributed by atoms with Crippen LogP contribution in [0.3, 0.4) is 0 Å². The molecule has 0 saturated carbocycles. The molecule has 23 heavy (non-hydrogen) atoms. The van der Waals surface area contributed by atoms with Crippen molar-refractivity contribution < 1.29 is 14.2 Å². The zero-order chi connectivity index (χ0) is 17.3. The van der Waals surface area contributed by atoms with Gasteiger partial charge in [-0.15, -0.1) is 0 Å². The van der Waals surface area contributed by atoms with Crippen molar-refractivity contribution in [1.29, 1.82) is 0 Å². The molecule has 1 heterocycles. The number of hydrogen-bond donors (Lipinski definition) is 0. The highest BCUT2D eigenvalue weighted by Crippen LogP contribution is 2.12. The fourth-order valence-corrected chi connectivity index (χ4v) is 2.38. The first-order valence-corrected chi connectivity index (χ1v) is 8.90. The molecular formula is C18H38N2O3. The normalized spacial score (nSPS) is 18.5. The van der Waals surface area contributed by atoms with Crippen LogP contribution in [0.5, 0.6) is 0 Å². The minimum atomic E-state index is -0.0335. The van der Waals surface area contributed by atoms with Crippen molar-refractivity contribution in [3.63, 3.8) is 0 Å². The van der Waals surface area contributed by atoms with Crippen molar-refractivity contribution in [3.8, 4) is 0 Å². The lowest BCUT2D eigenvalue weighted by molar-refractivity contribution is -0.0790. The largest absolute Gasteiger partial charge is 0.375 e. The van der Waals surface area contributed by atoms with E-state index in [1.54, 1.807) is 0 Å². The van der Waals surface area contributed by atoms with E-state index in [0.29, 0.717) is 6.79 Å². The predicted molar refractivity (Wildman–Crippen MR) is 94.8 cm³/mol. The highest BCUT2D eigenvalue weighted by atomic mass is 16.7. The fourth-order valence-electron chi connectivity index (χ4n) is 2.38. The summed E-state index contributed by atoms with van der Waals surface area (Å²) < 4.78 is 16.9. The van der Waals surface area contributed by atoms with Gasteiger partial charge in [0.2, 0.25) is 0 Å². The summed E-state index contributed by atoms with van der Waals surface area (Å²) in [6, 6.07) is 0. The second-order valence-electron chi connectivity index (χ2n) is 8.58. The van der Waals surface area contributed by atoms with Crippen molar-refractivity contribution in [2.75, 3.05) is 65.9 Å². The van der Waals surface area contributed by atoms with Crippen LogP contribution in [0.1, 0.15) is 41.5 Å². The van der Waals surface area contributed by atoms with Crippen LogP contribution in [-0.4, -0.2) is 81.3 Å². The van der Waals surface area contributed by atoms with Crippen LogP contribution in [-0.2, 0) is 14.2 Å². The summed E-state index contributed by atoms with van der Waals surface area (Å²) in [4.78, 5) is 4.94. The number of rotatable bonds is 9. The summed E-state index contributed by atoms with van der Waals surface area (Å²) >= 11 is 0. The number of nitrogens with zero attached hydrogens (tertiary/aromatic N) is 2. The molecule has 1 saturated heterocycles. The van der Waals surface area contributed by atoms with E-state index in [9.17, 15) is 0 Å². The first-order valence-electron chi connectivity index (χ1n) is 8.90.